The van der Waals surface area contributed by atoms with Gasteiger partial charge in [0.25, 0.3) is 0 Å². The van der Waals surface area contributed by atoms with E-state index in [0.717, 1.165) is 18.0 Å². The quantitative estimate of drug-likeness (QED) is 0.771. The molecule has 0 amide bonds. The molecule has 7 heteroatoms. The van der Waals surface area contributed by atoms with Crippen LogP contribution < -0.4 is 5.73 Å². The van der Waals surface area contributed by atoms with E-state index in [1.165, 1.54) is 11.8 Å². The Hall–Kier alpha value is -0.660. The van der Waals surface area contributed by atoms with E-state index >= 15 is 0 Å². The SMILES string of the molecule is CC(C)(C)C(N)C(CO)Sc1nnnn1C1CC1. The van der Waals surface area contributed by atoms with E-state index in [-0.39, 0.29) is 23.3 Å². The zero-order valence-electron chi connectivity index (χ0n) is 11.1. The molecule has 0 saturated heterocycles. The summed E-state index contributed by atoms with van der Waals surface area (Å²) in [7, 11) is 0. The van der Waals surface area contributed by atoms with Gasteiger partial charge in [-0.15, -0.1) is 5.10 Å². The molecule has 1 aliphatic rings. The van der Waals surface area contributed by atoms with E-state index < -0.39 is 0 Å². The zero-order chi connectivity index (χ0) is 13.3. The summed E-state index contributed by atoms with van der Waals surface area (Å²) in [6, 6.07) is 0.324. The summed E-state index contributed by atoms with van der Waals surface area (Å²) in [6.07, 6.45) is 2.27. The lowest BCUT2D eigenvalue weighted by Gasteiger charge is -2.32. The number of aromatic nitrogens is 4. The van der Waals surface area contributed by atoms with Crippen LogP contribution in [-0.2, 0) is 0 Å². The third-order valence-corrected chi connectivity index (χ3v) is 4.42. The van der Waals surface area contributed by atoms with Gasteiger partial charge in [0.05, 0.1) is 17.9 Å². The molecule has 2 unspecified atom stereocenters. The molecule has 2 rings (SSSR count). The Kier molecular flexibility index (Phi) is 3.93. The number of nitrogens with two attached hydrogens (primary N) is 1. The van der Waals surface area contributed by atoms with Crippen LogP contribution in [0.1, 0.15) is 39.7 Å². The Morgan fingerprint density at radius 1 is 1.50 bits per heavy atom. The van der Waals surface area contributed by atoms with E-state index in [2.05, 4.69) is 36.3 Å². The lowest BCUT2D eigenvalue weighted by Crippen LogP contribution is -2.45. The van der Waals surface area contributed by atoms with Crippen LogP contribution in [0.25, 0.3) is 0 Å². The molecule has 3 N–H and O–H groups in total. The van der Waals surface area contributed by atoms with Gasteiger partial charge < -0.3 is 10.8 Å². The van der Waals surface area contributed by atoms with Gasteiger partial charge in [-0.1, -0.05) is 32.5 Å². The number of nitrogens with zero attached hydrogens (tertiary/aromatic N) is 4. The molecule has 102 valence electrons. The number of hydrogen-bond acceptors (Lipinski definition) is 6. The van der Waals surface area contributed by atoms with Crippen LogP contribution in [0.3, 0.4) is 0 Å². The maximum atomic E-state index is 9.53. The molecule has 0 spiro atoms. The van der Waals surface area contributed by atoms with Crippen LogP contribution in [0.4, 0.5) is 0 Å². The fourth-order valence-corrected chi connectivity index (χ4v) is 3.01. The first-order valence-electron chi connectivity index (χ1n) is 6.24. The Morgan fingerprint density at radius 2 is 2.17 bits per heavy atom. The van der Waals surface area contributed by atoms with Gasteiger partial charge in [-0.05, 0) is 28.7 Å². The first-order valence-corrected chi connectivity index (χ1v) is 7.12. The number of tetrazole rings is 1. The molecule has 0 radical (unpaired) electrons. The van der Waals surface area contributed by atoms with E-state index in [4.69, 9.17) is 5.73 Å². The molecule has 1 fully saturated rings. The molecule has 1 heterocycles. The minimum Gasteiger partial charge on any atom is -0.395 e. The van der Waals surface area contributed by atoms with Gasteiger partial charge in [0.15, 0.2) is 0 Å². The van der Waals surface area contributed by atoms with E-state index in [9.17, 15) is 5.11 Å². The minimum absolute atomic E-state index is 0.0284. The summed E-state index contributed by atoms with van der Waals surface area (Å²) < 4.78 is 1.85. The second kappa shape index (κ2) is 5.14. The Balaban J connectivity index is 2.07. The van der Waals surface area contributed by atoms with Crippen molar-refractivity contribution in [3.63, 3.8) is 0 Å². The molecular formula is C11H21N5OS. The van der Waals surface area contributed by atoms with Crippen LogP contribution in [0, 0.1) is 5.41 Å². The van der Waals surface area contributed by atoms with Crippen molar-refractivity contribution < 1.29 is 5.11 Å². The van der Waals surface area contributed by atoms with Gasteiger partial charge in [0, 0.05) is 6.04 Å². The van der Waals surface area contributed by atoms with E-state index in [1.54, 1.807) is 0 Å². The van der Waals surface area contributed by atoms with Crippen LogP contribution in [0.2, 0.25) is 0 Å². The van der Waals surface area contributed by atoms with Gasteiger partial charge in [-0.25, -0.2) is 4.68 Å². The lowest BCUT2D eigenvalue weighted by molar-refractivity contribution is 0.232. The summed E-state index contributed by atoms with van der Waals surface area (Å²) in [4.78, 5) is 0. The molecule has 6 nitrogen and oxygen atoms in total. The highest BCUT2D eigenvalue weighted by Gasteiger charge is 2.33. The van der Waals surface area contributed by atoms with Gasteiger partial charge >= 0.3 is 0 Å². The molecule has 1 aromatic rings. The van der Waals surface area contributed by atoms with Crippen molar-refractivity contribution >= 4 is 11.8 Å². The van der Waals surface area contributed by atoms with E-state index in [1.807, 2.05) is 4.68 Å². The maximum Gasteiger partial charge on any atom is 0.209 e. The van der Waals surface area contributed by atoms with Crippen molar-refractivity contribution in [1.29, 1.82) is 0 Å². The smallest absolute Gasteiger partial charge is 0.209 e. The first-order chi connectivity index (χ1) is 8.43. The molecule has 18 heavy (non-hydrogen) atoms. The average molecular weight is 271 g/mol. The van der Waals surface area contributed by atoms with Gasteiger partial charge in [-0.2, -0.15) is 0 Å². The highest BCUT2D eigenvalue weighted by Crippen LogP contribution is 2.38. The lowest BCUT2D eigenvalue weighted by atomic mass is 9.85. The predicted octanol–water partition coefficient (Wildman–Crippen LogP) is 0.834. The van der Waals surface area contributed by atoms with E-state index in [0.29, 0.717) is 6.04 Å². The van der Waals surface area contributed by atoms with Gasteiger partial charge in [-0.3, -0.25) is 0 Å². The summed E-state index contributed by atoms with van der Waals surface area (Å²) in [6.45, 7) is 6.25. The number of aliphatic hydroxyl groups excluding tert-OH is 1. The summed E-state index contributed by atoms with van der Waals surface area (Å²) in [5, 5.41) is 21.9. The maximum absolute atomic E-state index is 9.53. The van der Waals surface area contributed by atoms with Gasteiger partial charge in [0.1, 0.15) is 0 Å². The largest absolute Gasteiger partial charge is 0.395 e. The topological polar surface area (TPSA) is 89.8 Å². The van der Waals surface area contributed by atoms with Crippen molar-refractivity contribution in [1.82, 2.24) is 20.2 Å². The fraction of sp³-hybridized carbons (Fsp3) is 0.909. The Morgan fingerprint density at radius 3 is 2.67 bits per heavy atom. The predicted molar refractivity (Wildman–Crippen MR) is 70.2 cm³/mol. The average Bonchev–Trinajstić information content (AvgIpc) is 3.04. The van der Waals surface area contributed by atoms with Crippen LogP contribution >= 0.6 is 11.8 Å². The second-order valence-corrected chi connectivity index (χ2v) is 7.07. The third-order valence-electron chi connectivity index (χ3n) is 3.19. The monoisotopic (exact) mass is 271 g/mol. The first kappa shape index (κ1) is 13.8. The molecule has 0 aliphatic heterocycles. The molecule has 1 aromatic heterocycles. The molecule has 0 aromatic carbocycles. The molecule has 1 aliphatic carbocycles. The summed E-state index contributed by atoms with van der Waals surface area (Å²) >= 11 is 1.48. The normalized spacial score (nSPS) is 19.8. The summed E-state index contributed by atoms with van der Waals surface area (Å²) in [5.74, 6) is 0. The molecule has 0 bridgehead atoms. The fourth-order valence-electron chi connectivity index (χ4n) is 1.73. The number of aliphatic hydroxyl groups is 1. The molecule has 1 saturated carbocycles. The number of hydrogen-bond donors (Lipinski definition) is 2. The van der Waals surface area contributed by atoms with Crippen molar-refractivity contribution in [2.45, 2.75) is 56.1 Å². The number of thioether (sulfide) groups is 1. The third kappa shape index (κ3) is 3.02. The standard InChI is InChI=1S/C11H21N5OS/c1-11(2,3)9(12)8(6-17)18-10-13-14-15-16(10)7-4-5-7/h7-9,17H,4-6,12H2,1-3H3. The Labute approximate surface area is 111 Å². The van der Waals surface area contributed by atoms with Crippen LogP contribution in [-0.4, -0.2) is 43.2 Å². The molecule has 2 atom stereocenters. The van der Waals surface area contributed by atoms with Crippen molar-refractivity contribution in [3.05, 3.63) is 0 Å². The highest BCUT2D eigenvalue weighted by molar-refractivity contribution is 7.99. The minimum atomic E-state index is -0.114. The highest BCUT2D eigenvalue weighted by atomic mass is 32.2. The number of rotatable bonds is 5. The van der Waals surface area contributed by atoms with Crippen LogP contribution in [0.15, 0.2) is 5.16 Å². The van der Waals surface area contributed by atoms with Crippen molar-refractivity contribution in [3.8, 4) is 0 Å². The summed E-state index contributed by atoms with van der Waals surface area (Å²) in [5.41, 5.74) is 6.15. The second-order valence-electron chi connectivity index (χ2n) is 5.87. The van der Waals surface area contributed by atoms with Crippen molar-refractivity contribution in [2.75, 3.05) is 6.61 Å². The van der Waals surface area contributed by atoms with Gasteiger partial charge in [0.2, 0.25) is 5.16 Å². The van der Waals surface area contributed by atoms with Crippen molar-refractivity contribution in [2.24, 2.45) is 11.1 Å². The zero-order valence-corrected chi connectivity index (χ0v) is 11.9. The Bertz CT molecular complexity index is 398. The molecular weight excluding hydrogens is 250 g/mol. The van der Waals surface area contributed by atoms with Crippen LogP contribution in [0.5, 0.6) is 0 Å².